The van der Waals surface area contributed by atoms with Gasteiger partial charge in [0, 0.05) is 13.1 Å². The van der Waals surface area contributed by atoms with Gasteiger partial charge in [-0.25, -0.2) is 0 Å². The molecule has 0 aromatic heterocycles. The number of rotatable bonds is 12. The van der Waals surface area contributed by atoms with Gasteiger partial charge >= 0.3 is 10.1 Å². The lowest BCUT2D eigenvalue weighted by atomic mass is 9.89. The van der Waals surface area contributed by atoms with Gasteiger partial charge in [-0.05, 0) is 23.8 Å². The zero-order valence-electron chi connectivity index (χ0n) is 24.7. The molecule has 14 nitrogen and oxygen atoms in total. The maximum Gasteiger partial charge on any atom is 0.331 e. The molecule has 2 heterocycles. The highest BCUT2D eigenvalue weighted by Crippen LogP contribution is 2.51. The molecule has 0 radical (unpaired) electrons. The van der Waals surface area contributed by atoms with Crippen molar-refractivity contribution in [1.82, 2.24) is 4.90 Å². The van der Waals surface area contributed by atoms with E-state index < -0.39 is 39.4 Å². The Morgan fingerprint density at radius 1 is 1.00 bits per heavy atom. The Morgan fingerprint density at radius 2 is 1.67 bits per heavy atom. The number of aliphatic hydroxyl groups is 1. The lowest BCUT2D eigenvalue weighted by Crippen LogP contribution is -2.43. The van der Waals surface area contributed by atoms with Crippen molar-refractivity contribution in [1.29, 1.82) is 0 Å². The minimum atomic E-state index is -4.95. The number of hydrogen-bond acceptors (Lipinski definition) is 11. The lowest BCUT2D eigenvalue weighted by molar-refractivity contribution is -0.153. The van der Waals surface area contributed by atoms with Crippen molar-refractivity contribution in [3.63, 3.8) is 0 Å². The van der Waals surface area contributed by atoms with Crippen LogP contribution < -0.4 is 19.9 Å². The molecule has 1 unspecified atom stereocenters. The third-order valence-corrected chi connectivity index (χ3v) is 7.86. The molecule has 0 aliphatic carbocycles. The molecule has 3 aromatic carbocycles. The van der Waals surface area contributed by atoms with Crippen LogP contribution >= 0.6 is 0 Å². The number of methoxy groups -OCH3 is 1. The highest BCUT2D eigenvalue weighted by molar-refractivity contribution is 7.89. The number of carbonyl (C=O) groups excluding carboxylic acids is 2. The highest BCUT2D eigenvalue weighted by atomic mass is 32.2. The van der Waals surface area contributed by atoms with Crippen LogP contribution in [0.1, 0.15) is 31.8 Å². The van der Waals surface area contributed by atoms with Crippen LogP contribution in [0.5, 0.6) is 23.0 Å². The van der Waals surface area contributed by atoms with Gasteiger partial charge < -0.3 is 44.2 Å². The normalized spacial score (nSPS) is 17.8. The Bertz CT molecular complexity index is 1740. The van der Waals surface area contributed by atoms with E-state index in [1.165, 1.54) is 18.1 Å². The largest absolute Gasteiger partial charge is 0.493 e. The average Bonchev–Trinajstić information content (AvgIpc) is 3.50. The Balaban J connectivity index is 1.84. The van der Waals surface area contributed by atoms with Crippen molar-refractivity contribution in [2.75, 3.05) is 46.6 Å². The summed E-state index contributed by atoms with van der Waals surface area (Å²) in [4.78, 5) is 28.7. The number of aliphatic hydroxyl groups excluding tert-OH is 1. The summed E-state index contributed by atoms with van der Waals surface area (Å²) in [6.45, 7) is -0.0189. The fraction of sp³-hybridized carbons (Fsp3) is 0.290. The number of hydrogen-bond donors (Lipinski definition) is 3. The second kappa shape index (κ2) is 13.7. The fourth-order valence-electron chi connectivity index (χ4n) is 5.11. The molecule has 3 aromatic rings. The molecule has 1 atom stereocenters. The summed E-state index contributed by atoms with van der Waals surface area (Å²) >= 11 is 0. The summed E-state index contributed by atoms with van der Waals surface area (Å²) in [5, 5.41) is 8.87. The van der Waals surface area contributed by atoms with Crippen molar-refractivity contribution >= 4 is 21.9 Å². The lowest BCUT2D eigenvalue weighted by Gasteiger charge is -2.34. The summed E-state index contributed by atoms with van der Waals surface area (Å²) in [5.41, 5.74) is 5.74. The Morgan fingerprint density at radius 3 is 2.28 bits per heavy atom. The molecule has 5 rings (SSSR count). The monoisotopic (exact) mass is 656 g/mol. The predicted molar refractivity (Wildman–Crippen MR) is 161 cm³/mol. The molecule has 2 amide bonds. The molecule has 244 valence electrons. The quantitative estimate of drug-likeness (QED) is 0.242. The van der Waals surface area contributed by atoms with E-state index in [1.54, 1.807) is 54.6 Å². The summed E-state index contributed by atoms with van der Waals surface area (Å²) in [5.74, 6) is -4.01. The van der Waals surface area contributed by atoms with E-state index in [2.05, 4.69) is 0 Å². The zero-order chi connectivity index (χ0) is 32.9. The summed E-state index contributed by atoms with van der Waals surface area (Å²) in [7, 11) is -3.54. The molecule has 2 aliphatic rings. The van der Waals surface area contributed by atoms with Gasteiger partial charge in [-0.2, -0.15) is 8.42 Å². The van der Waals surface area contributed by atoms with Crippen LogP contribution in [0.3, 0.4) is 0 Å². The summed E-state index contributed by atoms with van der Waals surface area (Å²) in [6, 6.07) is 16.3. The van der Waals surface area contributed by atoms with Gasteiger partial charge in [0.2, 0.25) is 0 Å². The zero-order valence-corrected chi connectivity index (χ0v) is 25.5. The fourth-order valence-corrected chi connectivity index (χ4v) is 5.52. The van der Waals surface area contributed by atoms with Gasteiger partial charge in [0.15, 0.2) is 23.0 Å². The first-order valence-electron chi connectivity index (χ1n) is 14.1. The first-order chi connectivity index (χ1) is 22.1. The van der Waals surface area contributed by atoms with Crippen LogP contribution in [0, 0.1) is 0 Å². The van der Waals surface area contributed by atoms with Crippen LogP contribution in [0.2, 0.25) is 0 Å². The minimum Gasteiger partial charge on any atom is -0.493 e. The molecule has 46 heavy (non-hydrogen) atoms. The van der Waals surface area contributed by atoms with Crippen molar-refractivity contribution in [3.8, 4) is 23.0 Å². The first-order valence-corrected chi connectivity index (χ1v) is 15.5. The summed E-state index contributed by atoms with van der Waals surface area (Å²) < 4.78 is 69.4. The topological polar surface area (TPSA) is 193 Å². The predicted octanol–water partition coefficient (Wildman–Crippen LogP) is 2.56. The van der Waals surface area contributed by atoms with E-state index in [-0.39, 0.29) is 79.0 Å². The maximum atomic E-state index is 14.3. The molecule has 2 aliphatic heterocycles. The second-order valence-electron chi connectivity index (χ2n) is 10.1. The molecular formula is C31H32N2O12S. The Hall–Kier alpha value is -4.83. The number of ether oxygens (including phenoxy) is 6. The van der Waals surface area contributed by atoms with E-state index in [1.807, 2.05) is 0 Å². The third kappa shape index (κ3) is 6.72. The molecule has 15 heteroatoms. The number of morpholine rings is 1. The van der Waals surface area contributed by atoms with E-state index in [0.717, 1.165) is 0 Å². The molecular weight excluding hydrogens is 624 g/mol. The van der Waals surface area contributed by atoms with Crippen LogP contribution in [0.4, 0.5) is 0 Å². The second-order valence-corrected chi connectivity index (χ2v) is 11.5. The number of carbonyl (C=O) groups is 2. The SMILES string of the molecule is COc1ccccc1Oc1c(C(N)=O)cc(C(=O)N2CCOCC2)c(C2(Cc3ccccc3)OC=C(S(=O)(=O)O)O2)c1OCCO. The van der Waals surface area contributed by atoms with Crippen molar-refractivity contribution in [2.24, 2.45) is 5.73 Å². The van der Waals surface area contributed by atoms with E-state index in [9.17, 15) is 27.7 Å². The van der Waals surface area contributed by atoms with Gasteiger partial charge in [0.1, 0.15) is 12.9 Å². The van der Waals surface area contributed by atoms with Crippen molar-refractivity contribution in [2.45, 2.75) is 12.2 Å². The minimum absolute atomic E-state index is 0.127. The first kappa shape index (κ1) is 32.6. The number of amides is 2. The van der Waals surface area contributed by atoms with Gasteiger partial charge in [-0.15, -0.1) is 0 Å². The number of nitrogens with zero attached hydrogens (tertiary/aromatic N) is 1. The molecule has 1 fully saturated rings. The number of nitrogens with two attached hydrogens (primary N) is 1. The van der Waals surface area contributed by atoms with E-state index in [0.29, 0.717) is 11.8 Å². The molecule has 0 spiro atoms. The van der Waals surface area contributed by atoms with Crippen LogP contribution in [-0.2, 0) is 36.5 Å². The van der Waals surface area contributed by atoms with Crippen LogP contribution in [0.25, 0.3) is 0 Å². The number of benzene rings is 3. The van der Waals surface area contributed by atoms with Gasteiger partial charge in [-0.3, -0.25) is 14.1 Å². The molecule has 4 N–H and O–H groups in total. The van der Waals surface area contributed by atoms with Crippen molar-refractivity contribution < 1.29 is 56.1 Å². The van der Waals surface area contributed by atoms with Crippen LogP contribution in [-0.4, -0.2) is 81.4 Å². The number of para-hydroxylation sites is 2. The van der Waals surface area contributed by atoms with Gasteiger partial charge in [0.05, 0.1) is 50.0 Å². The van der Waals surface area contributed by atoms with E-state index >= 15 is 0 Å². The Kier molecular flexibility index (Phi) is 9.67. The Labute approximate surface area is 264 Å². The maximum absolute atomic E-state index is 14.3. The van der Waals surface area contributed by atoms with Gasteiger partial charge in [-0.1, -0.05) is 42.5 Å². The molecule has 1 saturated heterocycles. The van der Waals surface area contributed by atoms with Gasteiger partial charge in [0.25, 0.3) is 22.7 Å². The number of primary amides is 1. The van der Waals surface area contributed by atoms with Crippen molar-refractivity contribution in [3.05, 3.63) is 94.3 Å². The molecule has 0 bridgehead atoms. The van der Waals surface area contributed by atoms with E-state index in [4.69, 9.17) is 34.2 Å². The summed E-state index contributed by atoms with van der Waals surface area (Å²) in [6.07, 6.45) is 0.478. The standard InChI is InChI=1S/C31H32N2O12S/c1-40-23-9-5-6-10-24(23)44-27-22(29(32)35)17-21(30(36)33-11-14-41-15-12-33)26(28(27)42-16-13-34)31(18-20-7-3-2-4-8-20)43-19-25(45-31)46(37,38)39/h2-10,17,19,34H,11-16,18H2,1H3,(H2,32,35)(H,37,38,39). The molecule has 0 saturated carbocycles. The average molecular weight is 657 g/mol. The third-order valence-electron chi connectivity index (χ3n) is 7.17. The van der Waals surface area contributed by atoms with Crippen LogP contribution in [0.15, 0.2) is 72.0 Å². The highest BCUT2D eigenvalue weighted by Gasteiger charge is 2.51. The smallest absolute Gasteiger partial charge is 0.331 e.